The Bertz CT molecular complexity index is 657. The Hall–Kier alpha value is -1.50. The van der Waals surface area contributed by atoms with Gasteiger partial charge in [0.25, 0.3) is 5.91 Å². The van der Waals surface area contributed by atoms with Crippen LogP contribution in [-0.4, -0.2) is 17.2 Å². The van der Waals surface area contributed by atoms with Crippen molar-refractivity contribution in [2.24, 2.45) is 5.10 Å². The van der Waals surface area contributed by atoms with Crippen molar-refractivity contribution in [3.8, 4) is 0 Å². The predicted molar refractivity (Wildman–Crippen MR) is 89.0 cm³/mol. The number of rotatable bonds is 4. The fraction of sp³-hybridized carbons (Fsp3) is 0.0667. The van der Waals surface area contributed by atoms with Crippen molar-refractivity contribution in [1.29, 1.82) is 0 Å². The molecular formula is C15H12Br2N2O2. The molecule has 2 N–H and O–H groups in total. The van der Waals surface area contributed by atoms with Crippen LogP contribution in [0.4, 0.5) is 0 Å². The maximum atomic E-state index is 11.8. The molecule has 4 nitrogen and oxygen atoms in total. The zero-order valence-corrected chi connectivity index (χ0v) is 14.0. The third-order valence-electron chi connectivity index (χ3n) is 2.67. The van der Waals surface area contributed by atoms with E-state index in [2.05, 4.69) is 42.4 Å². The molecule has 0 aliphatic rings. The fourth-order valence-electron chi connectivity index (χ4n) is 1.61. The highest BCUT2D eigenvalue weighted by atomic mass is 79.9. The lowest BCUT2D eigenvalue weighted by molar-refractivity contribution is -0.129. The Morgan fingerprint density at radius 2 is 1.86 bits per heavy atom. The first-order chi connectivity index (χ1) is 10.1. The molecule has 0 heterocycles. The zero-order chi connectivity index (χ0) is 15.2. The van der Waals surface area contributed by atoms with Gasteiger partial charge in [-0.25, -0.2) is 5.43 Å². The van der Waals surface area contributed by atoms with E-state index in [1.165, 1.54) is 6.21 Å². The highest BCUT2D eigenvalue weighted by Gasteiger charge is 2.16. The van der Waals surface area contributed by atoms with Crippen LogP contribution in [0.1, 0.15) is 17.2 Å². The van der Waals surface area contributed by atoms with Crippen molar-refractivity contribution in [3.63, 3.8) is 0 Å². The van der Waals surface area contributed by atoms with Crippen LogP contribution in [0.15, 0.2) is 62.6 Å². The SMILES string of the molecule is O=C(NN=Cc1cccc(Br)c1)C(O)c1ccc(Br)cc1. The second-order valence-electron chi connectivity index (χ2n) is 4.24. The molecule has 2 aromatic rings. The molecule has 0 spiro atoms. The number of nitrogens with one attached hydrogen (secondary N) is 1. The molecule has 1 atom stereocenters. The molecule has 0 bridgehead atoms. The first kappa shape index (κ1) is 15.9. The van der Waals surface area contributed by atoms with Crippen molar-refractivity contribution in [2.45, 2.75) is 6.10 Å². The molecule has 0 saturated carbocycles. The smallest absolute Gasteiger partial charge is 0.273 e. The molecule has 0 aliphatic carbocycles. The Labute approximate surface area is 139 Å². The average molecular weight is 412 g/mol. The number of aliphatic hydroxyl groups is 1. The van der Waals surface area contributed by atoms with Crippen LogP contribution in [0.3, 0.4) is 0 Å². The number of halogens is 2. The lowest BCUT2D eigenvalue weighted by atomic mass is 10.1. The largest absolute Gasteiger partial charge is 0.378 e. The van der Waals surface area contributed by atoms with E-state index in [1.54, 1.807) is 24.3 Å². The molecule has 1 amide bonds. The number of hydrogen-bond acceptors (Lipinski definition) is 3. The van der Waals surface area contributed by atoms with E-state index >= 15 is 0 Å². The van der Waals surface area contributed by atoms with Gasteiger partial charge in [-0.15, -0.1) is 0 Å². The second-order valence-corrected chi connectivity index (χ2v) is 6.07. The van der Waals surface area contributed by atoms with E-state index < -0.39 is 12.0 Å². The minimum Gasteiger partial charge on any atom is -0.378 e. The molecule has 108 valence electrons. The number of carbonyl (C=O) groups is 1. The average Bonchev–Trinajstić information content (AvgIpc) is 2.47. The molecule has 6 heteroatoms. The third-order valence-corrected chi connectivity index (χ3v) is 3.69. The van der Waals surface area contributed by atoms with Crippen molar-refractivity contribution in [2.75, 3.05) is 0 Å². The van der Waals surface area contributed by atoms with Gasteiger partial charge in [0.05, 0.1) is 6.21 Å². The lowest BCUT2D eigenvalue weighted by Crippen LogP contribution is -2.25. The number of benzene rings is 2. The van der Waals surface area contributed by atoms with E-state index in [0.29, 0.717) is 5.56 Å². The number of nitrogens with zero attached hydrogens (tertiary/aromatic N) is 1. The number of hydrazone groups is 1. The molecule has 2 rings (SSSR count). The van der Waals surface area contributed by atoms with Crippen LogP contribution in [0, 0.1) is 0 Å². The molecule has 0 saturated heterocycles. The van der Waals surface area contributed by atoms with Gasteiger partial charge < -0.3 is 5.11 Å². The number of amides is 1. The van der Waals surface area contributed by atoms with E-state index in [-0.39, 0.29) is 0 Å². The van der Waals surface area contributed by atoms with Gasteiger partial charge in [-0.1, -0.05) is 56.1 Å². The minimum absolute atomic E-state index is 0.508. The van der Waals surface area contributed by atoms with Gasteiger partial charge >= 0.3 is 0 Å². The van der Waals surface area contributed by atoms with Crippen LogP contribution in [0.2, 0.25) is 0 Å². The summed E-state index contributed by atoms with van der Waals surface area (Å²) in [5, 5.41) is 13.7. The van der Waals surface area contributed by atoms with E-state index in [9.17, 15) is 9.90 Å². The summed E-state index contributed by atoms with van der Waals surface area (Å²) in [4.78, 5) is 11.8. The van der Waals surface area contributed by atoms with Gasteiger partial charge in [0.1, 0.15) is 0 Å². The second kappa shape index (κ2) is 7.49. The molecule has 1 unspecified atom stereocenters. The monoisotopic (exact) mass is 410 g/mol. The highest BCUT2D eigenvalue weighted by molar-refractivity contribution is 9.10. The van der Waals surface area contributed by atoms with Crippen LogP contribution < -0.4 is 5.43 Å². The van der Waals surface area contributed by atoms with Crippen molar-refractivity contribution in [1.82, 2.24) is 5.43 Å². The van der Waals surface area contributed by atoms with E-state index in [1.807, 2.05) is 24.3 Å². The Morgan fingerprint density at radius 3 is 2.52 bits per heavy atom. The number of hydrogen-bond donors (Lipinski definition) is 2. The summed E-state index contributed by atoms with van der Waals surface area (Å²) in [5.41, 5.74) is 3.66. The van der Waals surface area contributed by atoms with Gasteiger partial charge in [-0.2, -0.15) is 5.10 Å². The minimum atomic E-state index is -1.25. The van der Waals surface area contributed by atoms with E-state index in [0.717, 1.165) is 14.5 Å². The first-order valence-corrected chi connectivity index (χ1v) is 7.67. The van der Waals surface area contributed by atoms with Crippen LogP contribution in [0.5, 0.6) is 0 Å². The summed E-state index contributed by atoms with van der Waals surface area (Å²) >= 11 is 6.65. The van der Waals surface area contributed by atoms with Crippen LogP contribution >= 0.6 is 31.9 Å². The van der Waals surface area contributed by atoms with Crippen molar-refractivity contribution in [3.05, 3.63) is 68.6 Å². The standard InChI is InChI=1S/C15H12Br2N2O2/c16-12-6-4-11(5-7-12)14(20)15(21)19-18-9-10-2-1-3-13(17)8-10/h1-9,14,20H,(H,19,21). The van der Waals surface area contributed by atoms with Crippen molar-refractivity contribution < 1.29 is 9.90 Å². The van der Waals surface area contributed by atoms with Gasteiger partial charge in [0.15, 0.2) is 6.10 Å². The van der Waals surface area contributed by atoms with Gasteiger partial charge in [0.2, 0.25) is 0 Å². The Balaban J connectivity index is 1.96. The van der Waals surface area contributed by atoms with E-state index in [4.69, 9.17) is 0 Å². The van der Waals surface area contributed by atoms with Crippen molar-refractivity contribution >= 4 is 44.0 Å². The summed E-state index contributed by atoms with van der Waals surface area (Å²) in [7, 11) is 0. The zero-order valence-electron chi connectivity index (χ0n) is 10.8. The normalized spacial score (nSPS) is 12.3. The topological polar surface area (TPSA) is 61.7 Å². The lowest BCUT2D eigenvalue weighted by Gasteiger charge is -2.08. The Morgan fingerprint density at radius 1 is 1.14 bits per heavy atom. The first-order valence-electron chi connectivity index (χ1n) is 6.08. The maximum absolute atomic E-state index is 11.8. The van der Waals surface area contributed by atoms with Crippen LogP contribution in [0.25, 0.3) is 0 Å². The summed E-state index contributed by atoms with van der Waals surface area (Å²) in [6.07, 6.45) is 0.259. The molecule has 0 aliphatic heterocycles. The molecule has 0 radical (unpaired) electrons. The number of carbonyl (C=O) groups excluding carboxylic acids is 1. The summed E-state index contributed by atoms with van der Waals surface area (Å²) in [6, 6.07) is 14.3. The highest BCUT2D eigenvalue weighted by Crippen LogP contribution is 2.17. The molecule has 0 aromatic heterocycles. The molecule has 2 aromatic carbocycles. The van der Waals surface area contributed by atoms with Gasteiger partial charge in [0, 0.05) is 8.95 Å². The third kappa shape index (κ3) is 4.77. The van der Waals surface area contributed by atoms with Crippen LogP contribution in [-0.2, 0) is 4.79 Å². The molecule has 0 fully saturated rings. The Kier molecular flexibility index (Phi) is 5.67. The fourth-order valence-corrected chi connectivity index (χ4v) is 2.30. The molecular weight excluding hydrogens is 400 g/mol. The van der Waals surface area contributed by atoms with Gasteiger partial charge in [-0.3, -0.25) is 4.79 Å². The maximum Gasteiger partial charge on any atom is 0.273 e. The predicted octanol–water partition coefficient (Wildman–Crippen LogP) is 3.40. The summed E-state index contributed by atoms with van der Waals surface area (Å²) < 4.78 is 1.80. The summed E-state index contributed by atoms with van der Waals surface area (Å²) in [5.74, 6) is -0.580. The molecule has 21 heavy (non-hydrogen) atoms. The number of aliphatic hydroxyl groups excluding tert-OH is 1. The summed E-state index contributed by atoms with van der Waals surface area (Å²) in [6.45, 7) is 0. The van der Waals surface area contributed by atoms with Gasteiger partial charge in [-0.05, 0) is 35.4 Å². The quantitative estimate of drug-likeness (QED) is 0.598.